The van der Waals surface area contributed by atoms with E-state index in [1.54, 1.807) is 4.90 Å². The number of hydrogen-bond donors (Lipinski definition) is 2. The fourth-order valence-corrected chi connectivity index (χ4v) is 2.46. The summed E-state index contributed by atoms with van der Waals surface area (Å²) >= 11 is 0. The van der Waals surface area contributed by atoms with Crippen LogP contribution < -0.4 is 5.32 Å². The number of carbonyl (C=O) groups excluding carboxylic acids is 1. The first kappa shape index (κ1) is 17.5. The first-order chi connectivity index (χ1) is 9.97. The third-order valence-electron chi connectivity index (χ3n) is 3.54. The molecule has 0 saturated carbocycles. The van der Waals surface area contributed by atoms with E-state index in [-0.39, 0.29) is 18.7 Å². The number of rotatable bonds is 7. The number of amides is 2. The number of aliphatic hydroxyl groups excluding tert-OH is 1. The molecule has 2 N–H and O–H groups in total. The van der Waals surface area contributed by atoms with Gasteiger partial charge in [0, 0.05) is 19.1 Å². The lowest BCUT2D eigenvalue weighted by Crippen LogP contribution is -2.46. The van der Waals surface area contributed by atoms with E-state index < -0.39 is 0 Å². The van der Waals surface area contributed by atoms with Crippen molar-refractivity contribution in [2.75, 3.05) is 19.7 Å². The van der Waals surface area contributed by atoms with Crippen LogP contribution in [0.4, 0.5) is 4.79 Å². The molecule has 21 heavy (non-hydrogen) atoms. The molecule has 4 nitrogen and oxygen atoms in total. The van der Waals surface area contributed by atoms with E-state index in [0.29, 0.717) is 13.1 Å². The summed E-state index contributed by atoms with van der Waals surface area (Å²) in [5, 5.41) is 12.0. The first-order valence-corrected chi connectivity index (χ1v) is 7.70. The summed E-state index contributed by atoms with van der Waals surface area (Å²) in [6, 6.07) is 6.37. The molecular weight excluding hydrogens is 264 g/mol. The van der Waals surface area contributed by atoms with Crippen molar-refractivity contribution in [1.82, 2.24) is 10.2 Å². The van der Waals surface area contributed by atoms with E-state index in [9.17, 15) is 4.79 Å². The standard InChI is InChI=1S/C17H28N2O2/c1-5-8-19(9-10-20)17(21)18-15(4)12-16-7-6-13(2)11-14(16)3/h6-7,11,15,20H,5,8-10,12H2,1-4H3,(H,18,21). The molecule has 1 unspecified atom stereocenters. The van der Waals surface area contributed by atoms with Crippen molar-refractivity contribution in [2.24, 2.45) is 0 Å². The summed E-state index contributed by atoms with van der Waals surface area (Å²) in [6.45, 7) is 9.28. The zero-order valence-corrected chi connectivity index (χ0v) is 13.6. The van der Waals surface area contributed by atoms with Gasteiger partial charge >= 0.3 is 6.03 Å². The molecule has 1 aromatic carbocycles. The molecule has 0 aliphatic carbocycles. The Bertz CT molecular complexity index is 454. The van der Waals surface area contributed by atoms with Crippen molar-refractivity contribution in [3.8, 4) is 0 Å². The average Bonchev–Trinajstić information content (AvgIpc) is 2.41. The predicted molar refractivity (Wildman–Crippen MR) is 86.6 cm³/mol. The van der Waals surface area contributed by atoms with Crippen LogP contribution in [0.15, 0.2) is 18.2 Å². The van der Waals surface area contributed by atoms with Gasteiger partial charge in [-0.3, -0.25) is 0 Å². The largest absolute Gasteiger partial charge is 0.395 e. The van der Waals surface area contributed by atoms with E-state index in [1.807, 2.05) is 13.8 Å². The highest BCUT2D eigenvalue weighted by Gasteiger charge is 2.15. The Morgan fingerprint density at radius 3 is 2.62 bits per heavy atom. The molecule has 0 radical (unpaired) electrons. The van der Waals surface area contributed by atoms with Crippen LogP contribution in [-0.2, 0) is 6.42 Å². The second-order valence-corrected chi connectivity index (χ2v) is 5.70. The molecule has 4 heteroatoms. The average molecular weight is 292 g/mol. The highest BCUT2D eigenvalue weighted by molar-refractivity contribution is 5.74. The maximum atomic E-state index is 12.2. The third-order valence-corrected chi connectivity index (χ3v) is 3.54. The molecule has 2 amide bonds. The number of aliphatic hydroxyl groups is 1. The maximum Gasteiger partial charge on any atom is 0.317 e. The smallest absolute Gasteiger partial charge is 0.317 e. The van der Waals surface area contributed by atoms with Crippen LogP contribution in [0.2, 0.25) is 0 Å². The quantitative estimate of drug-likeness (QED) is 0.812. The van der Waals surface area contributed by atoms with Crippen LogP contribution >= 0.6 is 0 Å². The van der Waals surface area contributed by atoms with Gasteiger partial charge in [0.2, 0.25) is 0 Å². The van der Waals surface area contributed by atoms with Gasteiger partial charge in [-0.2, -0.15) is 0 Å². The van der Waals surface area contributed by atoms with Crippen LogP contribution in [-0.4, -0.2) is 41.8 Å². The van der Waals surface area contributed by atoms with E-state index in [1.165, 1.54) is 16.7 Å². The molecule has 0 heterocycles. The van der Waals surface area contributed by atoms with Gasteiger partial charge in [-0.1, -0.05) is 30.7 Å². The van der Waals surface area contributed by atoms with Crippen molar-refractivity contribution in [3.05, 3.63) is 34.9 Å². The molecule has 1 aromatic rings. The lowest BCUT2D eigenvalue weighted by molar-refractivity contribution is 0.174. The molecule has 0 aliphatic heterocycles. The molecular formula is C17H28N2O2. The lowest BCUT2D eigenvalue weighted by atomic mass is 10.00. The number of nitrogens with zero attached hydrogens (tertiary/aromatic N) is 1. The van der Waals surface area contributed by atoms with Crippen LogP contribution in [0.5, 0.6) is 0 Å². The van der Waals surface area contributed by atoms with Crippen molar-refractivity contribution in [3.63, 3.8) is 0 Å². The topological polar surface area (TPSA) is 52.6 Å². The molecule has 0 aromatic heterocycles. The minimum absolute atomic E-state index is 0.00112. The van der Waals surface area contributed by atoms with Gasteiger partial charge in [0.1, 0.15) is 0 Å². The van der Waals surface area contributed by atoms with Gasteiger partial charge in [-0.25, -0.2) is 4.79 Å². The minimum atomic E-state index is -0.0943. The first-order valence-electron chi connectivity index (χ1n) is 7.70. The van der Waals surface area contributed by atoms with Crippen LogP contribution in [0.3, 0.4) is 0 Å². The molecule has 118 valence electrons. The van der Waals surface area contributed by atoms with E-state index in [4.69, 9.17) is 5.11 Å². The molecule has 0 fully saturated rings. The van der Waals surface area contributed by atoms with Gasteiger partial charge in [0.15, 0.2) is 0 Å². The van der Waals surface area contributed by atoms with Crippen molar-refractivity contribution < 1.29 is 9.90 Å². The van der Waals surface area contributed by atoms with E-state index >= 15 is 0 Å². The highest BCUT2D eigenvalue weighted by Crippen LogP contribution is 2.12. The van der Waals surface area contributed by atoms with Gasteiger partial charge in [0.05, 0.1) is 6.61 Å². The summed E-state index contributed by atoms with van der Waals surface area (Å²) in [5.41, 5.74) is 3.78. The van der Waals surface area contributed by atoms with Crippen LogP contribution in [0, 0.1) is 13.8 Å². The molecule has 1 rings (SSSR count). The Balaban J connectivity index is 2.59. The third kappa shape index (κ3) is 5.76. The number of carbonyl (C=O) groups is 1. The Morgan fingerprint density at radius 1 is 1.33 bits per heavy atom. The summed E-state index contributed by atoms with van der Waals surface area (Å²) in [7, 11) is 0. The second kappa shape index (κ2) is 8.67. The zero-order valence-electron chi connectivity index (χ0n) is 13.6. The van der Waals surface area contributed by atoms with Crippen LogP contribution in [0.25, 0.3) is 0 Å². The predicted octanol–water partition coefficient (Wildman–Crippen LogP) is 2.65. The summed E-state index contributed by atoms with van der Waals surface area (Å²) in [4.78, 5) is 13.8. The second-order valence-electron chi connectivity index (χ2n) is 5.70. The Hall–Kier alpha value is -1.55. The summed E-state index contributed by atoms with van der Waals surface area (Å²) in [6.07, 6.45) is 1.70. The molecule has 0 bridgehead atoms. The fourth-order valence-electron chi connectivity index (χ4n) is 2.46. The van der Waals surface area contributed by atoms with Gasteiger partial charge < -0.3 is 15.3 Å². The zero-order chi connectivity index (χ0) is 15.8. The van der Waals surface area contributed by atoms with Gasteiger partial charge in [0.25, 0.3) is 0 Å². The minimum Gasteiger partial charge on any atom is -0.395 e. The number of benzene rings is 1. The fraction of sp³-hybridized carbons (Fsp3) is 0.588. The van der Waals surface area contributed by atoms with Crippen molar-refractivity contribution in [2.45, 2.75) is 46.6 Å². The van der Waals surface area contributed by atoms with Gasteiger partial charge in [-0.05, 0) is 44.7 Å². The van der Waals surface area contributed by atoms with Gasteiger partial charge in [-0.15, -0.1) is 0 Å². The Labute approximate surface area is 128 Å². The van der Waals surface area contributed by atoms with E-state index in [2.05, 4.69) is 37.4 Å². The summed E-state index contributed by atoms with van der Waals surface area (Å²) < 4.78 is 0. The number of urea groups is 1. The molecule has 1 atom stereocenters. The highest BCUT2D eigenvalue weighted by atomic mass is 16.3. The summed E-state index contributed by atoms with van der Waals surface area (Å²) in [5.74, 6) is 0. The van der Waals surface area contributed by atoms with Crippen LogP contribution in [0.1, 0.15) is 37.0 Å². The Morgan fingerprint density at radius 2 is 2.05 bits per heavy atom. The molecule has 0 saturated heterocycles. The SMILES string of the molecule is CCCN(CCO)C(=O)NC(C)Cc1ccc(C)cc1C. The maximum absolute atomic E-state index is 12.2. The lowest BCUT2D eigenvalue weighted by Gasteiger charge is -2.24. The van der Waals surface area contributed by atoms with E-state index in [0.717, 1.165) is 12.8 Å². The monoisotopic (exact) mass is 292 g/mol. The Kier molecular flexibility index (Phi) is 7.23. The number of nitrogens with one attached hydrogen (secondary N) is 1. The molecule has 0 spiro atoms. The van der Waals surface area contributed by atoms with Crippen molar-refractivity contribution in [1.29, 1.82) is 0 Å². The number of aryl methyl sites for hydroxylation is 2. The van der Waals surface area contributed by atoms with Crippen molar-refractivity contribution >= 4 is 6.03 Å². The molecule has 0 aliphatic rings. The number of hydrogen-bond acceptors (Lipinski definition) is 2. The normalized spacial score (nSPS) is 12.0.